The van der Waals surface area contributed by atoms with Crippen molar-refractivity contribution < 1.29 is 33.4 Å². The van der Waals surface area contributed by atoms with E-state index in [0.29, 0.717) is 32.9 Å². The number of urea groups is 1. The van der Waals surface area contributed by atoms with E-state index >= 15 is 0 Å². The maximum absolute atomic E-state index is 13.1. The molecule has 4 amide bonds. The summed E-state index contributed by atoms with van der Waals surface area (Å²) >= 11 is 5.30. The van der Waals surface area contributed by atoms with E-state index in [1.54, 1.807) is 43.3 Å². The Labute approximate surface area is 211 Å². The third-order valence-corrected chi connectivity index (χ3v) is 5.72. The van der Waals surface area contributed by atoms with Crippen LogP contribution in [-0.2, 0) is 19.1 Å². The molecule has 0 aliphatic carbocycles. The minimum atomic E-state index is -0.833. The van der Waals surface area contributed by atoms with Crippen molar-refractivity contribution in [3.63, 3.8) is 0 Å². The number of nitrogens with zero attached hydrogens (tertiary/aromatic N) is 1. The number of imide groups is 2. The van der Waals surface area contributed by atoms with Gasteiger partial charge in [0.1, 0.15) is 5.57 Å². The second-order valence-corrected chi connectivity index (χ2v) is 8.64. The molecule has 0 aromatic heterocycles. The summed E-state index contributed by atoms with van der Waals surface area (Å²) in [6.45, 7) is 1.79. The number of amides is 4. The number of esters is 1. The van der Waals surface area contributed by atoms with Crippen molar-refractivity contribution in [3.05, 3.63) is 55.6 Å². The minimum absolute atomic E-state index is 0.223. The molecule has 11 heteroatoms. The van der Waals surface area contributed by atoms with E-state index in [0.717, 1.165) is 9.37 Å². The largest absolute Gasteiger partial charge is 0.490 e. The molecular weight excluding hydrogens is 611 g/mol. The summed E-state index contributed by atoms with van der Waals surface area (Å²) in [6.07, 6.45) is 1.37. The Morgan fingerprint density at radius 3 is 2.48 bits per heavy atom. The average molecular weight is 629 g/mol. The highest BCUT2D eigenvalue weighted by atomic mass is 127. The molecule has 1 N–H and O–H groups in total. The van der Waals surface area contributed by atoms with Crippen LogP contribution in [0.15, 0.2) is 46.4 Å². The van der Waals surface area contributed by atoms with E-state index in [2.05, 4.69) is 26.0 Å². The van der Waals surface area contributed by atoms with Crippen LogP contribution in [0.2, 0.25) is 0 Å². The van der Waals surface area contributed by atoms with Gasteiger partial charge in [-0.05, 0) is 77.6 Å². The molecule has 1 saturated heterocycles. The Balaban J connectivity index is 1.98. The monoisotopic (exact) mass is 628 g/mol. The maximum Gasteiger partial charge on any atom is 0.343 e. The van der Waals surface area contributed by atoms with Crippen LogP contribution < -0.4 is 19.7 Å². The first-order valence-electron chi connectivity index (χ1n) is 9.58. The van der Waals surface area contributed by atoms with Crippen molar-refractivity contribution in [1.82, 2.24) is 5.32 Å². The van der Waals surface area contributed by atoms with Crippen molar-refractivity contribution in [2.45, 2.75) is 6.92 Å². The third-order valence-electron chi connectivity index (χ3n) is 4.39. The van der Waals surface area contributed by atoms with E-state index in [4.69, 9.17) is 9.47 Å². The Kier molecular flexibility index (Phi) is 8.08. The molecule has 1 fully saturated rings. The summed E-state index contributed by atoms with van der Waals surface area (Å²) < 4.78 is 17.1. The van der Waals surface area contributed by atoms with Crippen molar-refractivity contribution in [2.24, 2.45) is 0 Å². The van der Waals surface area contributed by atoms with Gasteiger partial charge in [0.05, 0.1) is 23.0 Å². The highest BCUT2D eigenvalue weighted by Crippen LogP contribution is 2.35. The summed E-state index contributed by atoms with van der Waals surface area (Å²) in [5.41, 5.74) is 0.561. The second kappa shape index (κ2) is 10.8. The Hall–Kier alpha value is -2.93. The molecule has 1 aliphatic heterocycles. The molecule has 2 aromatic carbocycles. The average Bonchev–Trinajstić information content (AvgIpc) is 2.77. The Morgan fingerprint density at radius 1 is 1.15 bits per heavy atom. The lowest BCUT2D eigenvalue weighted by Gasteiger charge is -2.26. The molecule has 9 nitrogen and oxygen atoms in total. The Bertz CT molecular complexity index is 1150. The van der Waals surface area contributed by atoms with E-state index in [-0.39, 0.29) is 12.2 Å². The van der Waals surface area contributed by atoms with Gasteiger partial charge in [0, 0.05) is 4.47 Å². The molecule has 2 aromatic rings. The molecule has 0 unspecified atom stereocenters. The lowest BCUT2D eigenvalue weighted by atomic mass is 10.1. The third kappa shape index (κ3) is 5.71. The zero-order valence-electron chi connectivity index (χ0n) is 17.5. The summed E-state index contributed by atoms with van der Waals surface area (Å²) in [5, 5.41) is 2.19. The lowest BCUT2D eigenvalue weighted by Crippen LogP contribution is -2.54. The zero-order chi connectivity index (χ0) is 24.1. The fraction of sp³-hybridized carbons (Fsp3) is 0.182. The number of ether oxygens (including phenoxy) is 3. The van der Waals surface area contributed by atoms with Crippen LogP contribution >= 0.6 is 38.5 Å². The molecule has 33 heavy (non-hydrogen) atoms. The van der Waals surface area contributed by atoms with Crippen molar-refractivity contribution in [3.8, 4) is 11.5 Å². The van der Waals surface area contributed by atoms with Crippen LogP contribution in [0.5, 0.6) is 11.5 Å². The number of halogens is 2. The van der Waals surface area contributed by atoms with Gasteiger partial charge in [-0.1, -0.05) is 15.9 Å². The molecule has 0 atom stereocenters. The molecule has 0 spiro atoms. The number of nitrogens with one attached hydrogen (secondary N) is 1. The molecule has 3 rings (SSSR count). The van der Waals surface area contributed by atoms with E-state index in [1.165, 1.54) is 13.2 Å². The molecule has 0 saturated carbocycles. The fourth-order valence-electron chi connectivity index (χ4n) is 2.91. The number of hydrogen-bond donors (Lipinski definition) is 1. The van der Waals surface area contributed by atoms with Gasteiger partial charge >= 0.3 is 12.0 Å². The molecule has 1 aliphatic rings. The Morgan fingerprint density at radius 2 is 1.85 bits per heavy atom. The van der Waals surface area contributed by atoms with Crippen LogP contribution in [0, 0.1) is 3.57 Å². The van der Waals surface area contributed by atoms with Crippen molar-refractivity contribution in [2.75, 3.05) is 25.2 Å². The number of methoxy groups -OCH3 is 1. The van der Waals surface area contributed by atoms with Gasteiger partial charge in [0.2, 0.25) is 0 Å². The summed E-state index contributed by atoms with van der Waals surface area (Å²) in [6, 6.07) is 8.92. The van der Waals surface area contributed by atoms with Gasteiger partial charge in [0.15, 0.2) is 18.1 Å². The summed E-state index contributed by atoms with van der Waals surface area (Å²) in [4.78, 5) is 50.2. The molecule has 0 bridgehead atoms. The second-order valence-electron chi connectivity index (χ2n) is 6.56. The predicted molar refractivity (Wildman–Crippen MR) is 131 cm³/mol. The van der Waals surface area contributed by atoms with Gasteiger partial charge < -0.3 is 14.2 Å². The normalized spacial score (nSPS) is 14.8. The lowest BCUT2D eigenvalue weighted by molar-refractivity contribution is -0.143. The number of anilines is 1. The van der Waals surface area contributed by atoms with Crippen molar-refractivity contribution >= 4 is 74.1 Å². The minimum Gasteiger partial charge on any atom is -0.490 e. The SMILES string of the molecule is CCOc1cc(/C=C2\C(=O)NC(=O)N(c3ccc(Br)cc3)C2=O)cc(I)c1OCC(=O)OC. The fourth-order valence-corrected chi connectivity index (χ4v) is 3.96. The number of carbonyl (C=O) groups is 4. The topological polar surface area (TPSA) is 111 Å². The molecule has 172 valence electrons. The van der Waals surface area contributed by atoms with Crippen LogP contribution in [0.1, 0.15) is 12.5 Å². The van der Waals surface area contributed by atoms with Crippen LogP contribution in [-0.4, -0.2) is 44.1 Å². The number of rotatable bonds is 7. The maximum atomic E-state index is 13.1. The number of hydrogen-bond acceptors (Lipinski definition) is 7. The van der Waals surface area contributed by atoms with Gasteiger partial charge in [0.25, 0.3) is 11.8 Å². The van der Waals surface area contributed by atoms with E-state index < -0.39 is 23.8 Å². The number of carbonyl (C=O) groups excluding carboxylic acids is 4. The highest BCUT2D eigenvalue weighted by molar-refractivity contribution is 14.1. The van der Waals surface area contributed by atoms with Gasteiger partial charge in [-0.3, -0.25) is 14.9 Å². The van der Waals surface area contributed by atoms with Gasteiger partial charge in [-0.25, -0.2) is 14.5 Å². The highest BCUT2D eigenvalue weighted by Gasteiger charge is 2.36. The van der Waals surface area contributed by atoms with E-state index in [1.807, 2.05) is 22.6 Å². The first-order valence-corrected chi connectivity index (χ1v) is 11.4. The predicted octanol–water partition coefficient (Wildman–Crippen LogP) is 3.67. The smallest absolute Gasteiger partial charge is 0.343 e. The standard InChI is InChI=1S/C22H18BrIN2O7/c1-3-32-17-10-12(9-16(24)19(17)33-11-18(27)31-2)8-15-20(28)25-22(30)26(21(15)29)14-6-4-13(23)5-7-14/h4-10H,3,11H2,1-2H3,(H,25,28,30)/b15-8+. The molecular formula is C22H18BrIN2O7. The number of barbiturate groups is 1. The first-order chi connectivity index (χ1) is 15.7. The summed E-state index contributed by atoms with van der Waals surface area (Å²) in [7, 11) is 1.25. The number of benzene rings is 2. The quantitative estimate of drug-likeness (QED) is 0.216. The molecule has 0 radical (unpaired) electrons. The zero-order valence-corrected chi connectivity index (χ0v) is 21.3. The van der Waals surface area contributed by atoms with Crippen LogP contribution in [0.25, 0.3) is 6.08 Å². The van der Waals surface area contributed by atoms with Gasteiger partial charge in [-0.2, -0.15) is 0 Å². The van der Waals surface area contributed by atoms with Crippen molar-refractivity contribution in [1.29, 1.82) is 0 Å². The van der Waals surface area contributed by atoms with E-state index in [9.17, 15) is 19.2 Å². The summed E-state index contributed by atoms with van der Waals surface area (Å²) in [5.74, 6) is -1.47. The molecule has 1 heterocycles. The van der Waals surface area contributed by atoms with Gasteiger partial charge in [-0.15, -0.1) is 0 Å². The van der Waals surface area contributed by atoms with Crippen LogP contribution in [0.3, 0.4) is 0 Å². The first kappa shape index (κ1) is 24.7. The van der Waals surface area contributed by atoms with Crippen LogP contribution in [0.4, 0.5) is 10.5 Å².